The largest absolute Gasteiger partial charge is 0.493 e. The number of esters is 1. The molecule has 0 unspecified atom stereocenters. The normalized spacial score (nSPS) is 9.88. The Bertz CT molecular complexity index is 872. The first-order valence-corrected chi connectivity index (χ1v) is 7.65. The molecular formula is C18H16N2O6. The zero-order valence-electron chi connectivity index (χ0n) is 14.2. The van der Waals surface area contributed by atoms with Gasteiger partial charge in [-0.15, -0.1) is 0 Å². The fourth-order valence-electron chi connectivity index (χ4n) is 2.25. The van der Waals surface area contributed by atoms with E-state index >= 15 is 0 Å². The molecule has 134 valence electrons. The minimum atomic E-state index is -0.875. The van der Waals surface area contributed by atoms with Gasteiger partial charge in [0.1, 0.15) is 12.2 Å². The first-order valence-electron chi connectivity index (χ1n) is 7.65. The van der Waals surface area contributed by atoms with Crippen molar-refractivity contribution in [2.45, 2.75) is 13.5 Å². The van der Waals surface area contributed by atoms with Crippen LogP contribution in [0.4, 0.5) is 5.69 Å². The highest BCUT2D eigenvalue weighted by atomic mass is 16.6. The molecule has 2 aromatic carbocycles. The first-order chi connectivity index (χ1) is 12.5. The van der Waals surface area contributed by atoms with E-state index in [0.717, 1.165) is 6.07 Å². The molecule has 0 bridgehead atoms. The minimum absolute atomic E-state index is 0.124. The van der Waals surface area contributed by atoms with E-state index in [0.29, 0.717) is 11.1 Å². The Morgan fingerprint density at radius 2 is 2.04 bits per heavy atom. The number of nitrogens with zero attached hydrogens (tertiary/aromatic N) is 2. The summed E-state index contributed by atoms with van der Waals surface area (Å²) in [6.07, 6.45) is 0. The van der Waals surface area contributed by atoms with E-state index in [4.69, 9.17) is 19.5 Å². The Hall–Kier alpha value is -3.60. The van der Waals surface area contributed by atoms with E-state index < -0.39 is 16.6 Å². The van der Waals surface area contributed by atoms with E-state index in [1.54, 1.807) is 31.2 Å². The van der Waals surface area contributed by atoms with Crippen molar-refractivity contribution in [3.63, 3.8) is 0 Å². The second-order valence-electron chi connectivity index (χ2n) is 5.10. The molecule has 0 radical (unpaired) electrons. The van der Waals surface area contributed by atoms with Gasteiger partial charge in [0.25, 0.3) is 5.69 Å². The molecule has 26 heavy (non-hydrogen) atoms. The predicted octanol–water partition coefficient (Wildman–Crippen LogP) is 3.23. The average molecular weight is 356 g/mol. The lowest BCUT2D eigenvalue weighted by Gasteiger charge is -2.11. The number of benzene rings is 2. The number of methoxy groups -OCH3 is 1. The maximum Gasteiger partial charge on any atom is 0.345 e. The van der Waals surface area contributed by atoms with Crippen LogP contribution in [-0.2, 0) is 11.3 Å². The highest BCUT2D eigenvalue weighted by molar-refractivity contribution is 5.95. The second kappa shape index (κ2) is 8.48. The van der Waals surface area contributed by atoms with Gasteiger partial charge in [0.05, 0.1) is 36.3 Å². The monoisotopic (exact) mass is 356 g/mol. The van der Waals surface area contributed by atoms with Crippen molar-refractivity contribution >= 4 is 11.7 Å². The maximum atomic E-state index is 12.3. The Morgan fingerprint density at radius 1 is 1.27 bits per heavy atom. The van der Waals surface area contributed by atoms with Crippen LogP contribution in [0.25, 0.3) is 0 Å². The first kappa shape index (κ1) is 18.7. The predicted molar refractivity (Wildman–Crippen MR) is 91.1 cm³/mol. The SMILES string of the molecule is CCOc1cc([N+](=O)[O-])c(C(=O)OCc2cccc(C#N)c2)cc1OC. The van der Waals surface area contributed by atoms with Crippen LogP contribution in [0.2, 0.25) is 0 Å². The molecule has 0 aliphatic carbocycles. The molecule has 0 saturated heterocycles. The molecule has 0 aliphatic rings. The van der Waals surface area contributed by atoms with Crippen LogP contribution >= 0.6 is 0 Å². The third-order valence-corrected chi connectivity index (χ3v) is 3.42. The van der Waals surface area contributed by atoms with Crippen LogP contribution in [-0.4, -0.2) is 24.6 Å². The topological polar surface area (TPSA) is 112 Å². The summed E-state index contributed by atoms with van der Waals surface area (Å²) >= 11 is 0. The lowest BCUT2D eigenvalue weighted by molar-refractivity contribution is -0.385. The second-order valence-corrected chi connectivity index (χ2v) is 5.10. The van der Waals surface area contributed by atoms with Crippen LogP contribution in [0.5, 0.6) is 11.5 Å². The van der Waals surface area contributed by atoms with E-state index in [-0.39, 0.29) is 30.3 Å². The molecule has 0 aliphatic heterocycles. The summed E-state index contributed by atoms with van der Waals surface area (Å²) in [5.41, 5.74) is 0.335. The van der Waals surface area contributed by atoms with Gasteiger partial charge in [0.2, 0.25) is 0 Å². The number of carbonyl (C=O) groups excluding carboxylic acids is 1. The van der Waals surface area contributed by atoms with Crippen LogP contribution in [0.15, 0.2) is 36.4 Å². The molecule has 0 aromatic heterocycles. The number of hydrogen-bond acceptors (Lipinski definition) is 7. The molecule has 0 fully saturated rings. The molecule has 2 aromatic rings. The zero-order chi connectivity index (χ0) is 19.1. The van der Waals surface area contributed by atoms with Crippen LogP contribution in [0, 0.1) is 21.4 Å². The molecule has 8 heteroatoms. The lowest BCUT2D eigenvalue weighted by Crippen LogP contribution is -2.09. The number of hydrogen-bond donors (Lipinski definition) is 0. The van der Waals surface area contributed by atoms with Crippen molar-refractivity contribution in [3.8, 4) is 17.6 Å². The van der Waals surface area contributed by atoms with E-state index in [2.05, 4.69) is 0 Å². The number of carbonyl (C=O) groups is 1. The standard InChI is InChI=1S/C18H16N2O6/c1-3-25-17-9-15(20(22)23)14(8-16(17)24-2)18(21)26-11-13-6-4-5-12(7-13)10-19/h4-9H,3,11H2,1-2H3. The number of nitriles is 1. The van der Waals surface area contributed by atoms with Crippen molar-refractivity contribution in [3.05, 3.63) is 63.2 Å². The molecule has 0 saturated carbocycles. The van der Waals surface area contributed by atoms with Crippen LogP contribution in [0.3, 0.4) is 0 Å². The van der Waals surface area contributed by atoms with Crippen LogP contribution < -0.4 is 9.47 Å². The van der Waals surface area contributed by atoms with Gasteiger partial charge in [-0.05, 0) is 24.6 Å². The summed E-state index contributed by atoms with van der Waals surface area (Å²) in [5.74, 6) is -0.517. The van der Waals surface area contributed by atoms with E-state index in [9.17, 15) is 14.9 Å². The fourth-order valence-corrected chi connectivity index (χ4v) is 2.25. The molecule has 0 spiro atoms. The summed E-state index contributed by atoms with van der Waals surface area (Å²) in [6.45, 7) is 1.89. The molecule has 0 heterocycles. The summed E-state index contributed by atoms with van der Waals surface area (Å²) < 4.78 is 15.6. The van der Waals surface area contributed by atoms with Gasteiger partial charge in [0, 0.05) is 6.07 Å². The number of rotatable bonds is 7. The molecule has 2 rings (SSSR count). The third kappa shape index (κ3) is 4.27. The quantitative estimate of drug-likeness (QED) is 0.425. The highest BCUT2D eigenvalue weighted by Crippen LogP contribution is 2.35. The van der Waals surface area contributed by atoms with Gasteiger partial charge >= 0.3 is 5.97 Å². The number of nitro groups is 1. The molecular weight excluding hydrogens is 340 g/mol. The molecule has 8 nitrogen and oxygen atoms in total. The highest BCUT2D eigenvalue weighted by Gasteiger charge is 2.26. The van der Waals surface area contributed by atoms with E-state index in [1.165, 1.54) is 13.2 Å². The zero-order valence-corrected chi connectivity index (χ0v) is 14.2. The van der Waals surface area contributed by atoms with Gasteiger partial charge in [-0.2, -0.15) is 5.26 Å². The van der Waals surface area contributed by atoms with Crippen LogP contribution in [0.1, 0.15) is 28.4 Å². The number of ether oxygens (including phenoxy) is 3. The maximum absolute atomic E-state index is 12.3. The Balaban J connectivity index is 2.29. The van der Waals surface area contributed by atoms with Crippen molar-refractivity contribution in [1.82, 2.24) is 0 Å². The Labute approximate surface area is 149 Å². The van der Waals surface area contributed by atoms with Crippen molar-refractivity contribution in [2.24, 2.45) is 0 Å². The van der Waals surface area contributed by atoms with Gasteiger partial charge in [-0.1, -0.05) is 12.1 Å². The summed E-state index contributed by atoms with van der Waals surface area (Å²) in [7, 11) is 1.37. The van der Waals surface area contributed by atoms with Gasteiger partial charge in [-0.3, -0.25) is 10.1 Å². The van der Waals surface area contributed by atoms with Gasteiger partial charge in [-0.25, -0.2) is 4.79 Å². The fraction of sp³-hybridized carbons (Fsp3) is 0.222. The summed E-state index contributed by atoms with van der Waals surface area (Å²) in [5, 5.41) is 20.2. The molecule has 0 amide bonds. The van der Waals surface area contributed by atoms with E-state index in [1.807, 2.05) is 6.07 Å². The lowest BCUT2D eigenvalue weighted by atomic mass is 10.1. The van der Waals surface area contributed by atoms with Crippen molar-refractivity contribution in [1.29, 1.82) is 5.26 Å². The smallest absolute Gasteiger partial charge is 0.345 e. The molecule has 0 N–H and O–H groups in total. The number of nitro benzene ring substituents is 1. The van der Waals surface area contributed by atoms with Crippen molar-refractivity contribution < 1.29 is 23.9 Å². The summed E-state index contributed by atoms with van der Waals surface area (Å²) in [6, 6.07) is 10.9. The van der Waals surface area contributed by atoms with Gasteiger partial charge in [0.15, 0.2) is 11.5 Å². The Morgan fingerprint density at radius 3 is 2.65 bits per heavy atom. The summed E-state index contributed by atoms with van der Waals surface area (Å²) in [4.78, 5) is 23.0. The average Bonchev–Trinajstić information content (AvgIpc) is 2.66. The van der Waals surface area contributed by atoms with Gasteiger partial charge < -0.3 is 14.2 Å². The Kier molecular flexibility index (Phi) is 6.11. The molecule has 0 atom stereocenters. The minimum Gasteiger partial charge on any atom is -0.493 e. The van der Waals surface area contributed by atoms with Crippen molar-refractivity contribution in [2.75, 3.05) is 13.7 Å². The third-order valence-electron chi connectivity index (χ3n) is 3.42.